The summed E-state index contributed by atoms with van der Waals surface area (Å²) in [7, 11) is 1.83. The third-order valence-corrected chi connectivity index (χ3v) is 1.91. The Kier molecular flexibility index (Phi) is 2.99. The SMILES string of the molecule is CNc1cccc(OC(C)(C)F)c1C. The Labute approximate surface area is 84.1 Å². The van der Waals surface area contributed by atoms with Gasteiger partial charge in [-0.3, -0.25) is 0 Å². The van der Waals surface area contributed by atoms with Gasteiger partial charge >= 0.3 is 0 Å². The Morgan fingerprint density at radius 2 is 2.00 bits per heavy atom. The number of hydrogen-bond acceptors (Lipinski definition) is 2. The van der Waals surface area contributed by atoms with Crippen LogP contribution >= 0.6 is 0 Å². The van der Waals surface area contributed by atoms with Gasteiger partial charge in [-0.2, -0.15) is 4.39 Å². The maximum absolute atomic E-state index is 13.2. The lowest BCUT2D eigenvalue weighted by Gasteiger charge is -2.19. The number of anilines is 1. The molecule has 0 radical (unpaired) electrons. The molecule has 0 saturated heterocycles. The second-order valence-corrected chi connectivity index (χ2v) is 3.64. The highest BCUT2D eigenvalue weighted by atomic mass is 19.2. The normalized spacial score (nSPS) is 11.2. The van der Waals surface area contributed by atoms with Crippen molar-refractivity contribution in [1.82, 2.24) is 0 Å². The molecule has 0 unspecified atom stereocenters. The zero-order chi connectivity index (χ0) is 10.8. The summed E-state index contributed by atoms with van der Waals surface area (Å²) in [5.41, 5.74) is 1.87. The molecule has 0 heterocycles. The third kappa shape index (κ3) is 2.62. The molecule has 0 spiro atoms. The molecule has 1 rings (SSSR count). The van der Waals surface area contributed by atoms with Crippen molar-refractivity contribution in [3.63, 3.8) is 0 Å². The Morgan fingerprint density at radius 1 is 1.36 bits per heavy atom. The number of hydrogen-bond donors (Lipinski definition) is 1. The van der Waals surface area contributed by atoms with Crippen molar-refractivity contribution in [1.29, 1.82) is 0 Å². The van der Waals surface area contributed by atoms with Crippen molar-refractivity contribution < 1.29 is 9.13 Å². The van der Waals surface area contributed by atoms with Gasteiger partial charge in [0.2, 0.25) is 5.85 Å². The summed E-state index contributed by atoms with van der Waals surface area (Å²) in [4.78, 5) is 0. The Hall–Kier alpha value is -1.25. The lowest BCUT2D eigenvalue weighted by Crippen LogP contribution is -2.21. The fraction of sp³-hybridized carbons (Fsp3) is 0.455. The molecule has 0 atom stereocenters. The second-order valence-electron chi connectivity index (χ2n) is 3.64. The molecule has 0 saturated carbocycles. The smallest absolute Gasteiger partial charge is 0.242 e. The van der Waals surface area contributed by atoms with Crippen molar-refractivity contribution in [2.24, 2.45) is 0 Å². The highest BCUT2D eigenvalue weighted by Crippen LogP contribution is 2.28. The van der Waals surface area contributed by atoms with Crippen molar-refractivity contribution in [3.8, 4) is 5.75 Å². The van der Waals surface area contributed by atoms with Crippen molar-refractivity contribution in [3.05, 3.63) is 23.8 Å². The van der Waals surface area contributed by atoms with E-state index in [-0.39, 0.29) is 0 Å². The standard InChI is InChI=1S/C11H16FNO/c1-8-9(13-4)6-5-7-10(8)14-11(2,3)12/h5-7,13H,1-4H3. The summed E-state index contributed by atoms with van der Waals surface area (Å²) in [5, 5.41) is 3.02. The molecule has 3 heteroatoms. The molecule has 0 aliphatic carbocycles. The van der Waals surface area contributed by atoms with E-state index >= 15 is 0 Å². The van der Waals surface area contributed by atoms with Crippen LogP contribution in [0.5, 0.6) is 5.75 Å². The summed E-state index contributed by atoms with van der Waals surface area (Å²) in [6.45, 7) is 4.67. The first-order valence-electron chi connectivity index (χ1n) is 4.59. The monoisotopic (exact) mass is 197 g/mol. The first-order chi connectivity index (χ1) is 6.44. The van der Waals surface area contributed by atoms with Crippen LogP contribution in [0.2, 0.25) is 0 Å². The first kappa shape index (κ1) is 10.8. The number of benzene rings is 1. The van der Waals surface area contributed by atoms with Crippen LogP contribution in [0.3, 0.4) is 0 Å². The van der Waals surface area contributed by atoms with Crippen molar-refractivity contribution in [2.75, 3.05) is 12.4 Å². The fourth-order valence-corrected chi connectivity index (χ4v) is 1.26. The maximum atomic E-state index is 13.2. The average molecular weight is 197 g/mol. The van der Waals surface area contributed by atoms with Gasteiger partial charge in [-0.05, 0) is 19.1 Å². The molecule has 0 amide bonds. The molecular formula is C11H16FNO. The van der Waals surface area contributed by atoms with E-state index in [0.29, 0.717) is 5.75 Å². The van der Waals surface area contributed by atoms with E-state index in [1.165, 1.54) is 13.8 Å². The molecule has 0 bridgehead atoms. The lowest BCUT2D eigenvalue weighted by atomic mass is 10.2. The lowest BCUT2D eigenvalue weighted by molar-refractivity contribution is -0.0261. The van der Waals surface area contributed by atoms with Crippen LogP contribution in [-0.4, -0.2) is 12.9 Å². The highest BCUT2D eigenvalue weighted by molar-refractivity contribution is 5.56. The Balaban J connectivity index is 2.98. The second kappa shape index (κ2) is 3.86. The molecule has 1 N–H and O–H groups in total. The van der Waals surface area contributed by atoms with Crippen LogP contribution in [0, 0.1) is 6.92 Å². The largest absolute Gasteiger partial charge is 0.458 e. The molecule has 0 aliphatic rings. The first-order valence-corrected chi connectivity index (χ1v) is 4.59. The Morgan fingerprint density at radius 3 is 2.50 bits per heavy atom. The van der Waals surface area contributed by atoms with Crippen LogP contribution in [0.4, 0.5) is 10.1 Å². The fourth-order valence-electron chi connectivity index (χ4n) is 1.26. The molecule has 0 fully saturated rings. The summed E-state index contributed by atoms with van der Waals surface area (Å²) in [6, 6.07) is 5.52. The van der Waals surface area contributed by atoms with Gasteiger partial charge in [-0.25, -0.2) is 0 Å². The number of ether oxygens (including phenoxy) is 1. The highest BCUT2D eigenvalue weighted by Gasteiger charge is 2.18. The van der Waals surface area contributed by atoms with Gasteiger partial charge in [0.25, 0.3) is 0 Å². The predicted octanol–water partition coefficient (Wildman–Crippen LogP) is 3.12. The minimum absolute atomic E-state index is 0.573. The van der Waals surface area contributed by atoms with Crippen LogP contribution in [-0.2, 0) is 0 Å². The van der Waals surface area contributed by atoms with Crippen LogP contribution in [0.1, 0.15) is 19.4 Å². The predicted molar refractivity (Wildman–Crippen MR) is 56.5 cm³/mol. The van der Waals surface area contributed by atoms with Crippen LogP contribution in [0.25, 0.3) is 0 Å². The summed E-state index contributed by atoms with van der Waals surface area (Å²) in [5.74, 6) is -1.07. The third-order valence-electron chi connectivity index (χ3n) is 1.91. The van der Waals surface area contributed by atoms with Crippen LogP contribution < -0.4 is 10.1 Å². The number of alkyl halides is 1. The zero-order valence-electron chi connectivity index (χ0n) is 9.02. The minimum Gasteiger partial charge on any atom is -0.458 e. The topological polar surface area (TPSA) is 21.3 Å². The van der Waals surface area contributed by atoms with E-state index in [0.717, 1.165) is 11.3 Å². The molecule has 1 aromatic rings. The quantitative estimate of drug-likeness (QED) is 0.803. The van der Waals surface area contributed by atoms with Gasteiger partial charge in [0, 0.05) is 32.1 Å². The average Bonchev–Trinajstić information content (AvgIpc) is 2.06. The van der Waals surface area contributed by atoms with Crippen LogP contribution in [0.15, 0.2) is 18.2 Å². The van der Waals surface area contributed by atoms with Crippen molar-refractivity contribution in [2.45, 2.75) is 26.6 Å². The van der Waals surface area contributed by atoms with Gasteiger partial charge in [-0.1, -0.05) is 6.07 Å². The maximum Gasteiger partial charge on any atom is 0.242 e. The molecule has 78 valence electrons. The number of halogens is 1. The molecule has 0 aromatic heterocycles. The summed E-state index contributed by atoms with van der Waals surface area (Å²) < 4.78 is 18.4. The van der Waals surface area contributed by atoms with Crippen molar-refractivity contribution >= 4 is 5.69 Å². The van der Waals surface area contributed by atoms with E-state index < -0.39 is 5.85 Å². The summed E-state index contributed by atoms with van der Waals surface area (Å²) in [6.07, 6.45) is 0. The summed E-state index contributed by atoms with van der Waals surface area (Å²) >= 11 is 0. The van der Waals surface area contributed by atoms with Gasteiger partial charge in [0.15, 0.2) is 0 Å². The van der Waals surface area contributed by atoms with Gasteiger partial charge < -0.3 is 10.1 Å². The van der Waals surface area contributed by atoms with Gasteiger partial charge in [0.1, 0.15) is 5.75 Å². The minimum atomic E-state index is -1.64. The van der Waals surface area contributed by atoms with E-state index in [2.05, 4.69) is 5.32 Å². The molecule has 14 heavy (non-hydrogen) atoms. The zero-order valence-corrected chi connectivity index (χ0v) is 9.02. The van der Waals surface area contributed by atoms with Gasteiger partial charge in [0.05, 0.1) is 0 Å². The van der Waals surface area contributed by atoms with E-state index in [1.807, 2.05) is 26.1 Å². The van der Waals surface area contributed by atoms with E-state index in [4.69, 9.17) is 4.74 Å². The number of nitrogens with one attached hydrogen (secondary N) is 1. The molecular weight excluding hydrogens is 181 g/mol. The molecule has 1 aromatic carbocycles. The molecule has 2 nitrogen and oxygen atoms in total. The van der Waals surface area contributed by atoms with E-state index in [1.54, 1.807) is 6.07 Å². The number of rotatable bonds is 3. The van der Waals surface area contributed by atoms with Gasteiger partial charge in [-0.15, -0.1) is 0 Å². The molecule has 0 aliphatic heterocycles. The Bertz CT molecular complexity index is 318. The van der Waals surface area contributed by atoms with E-state index in [9.17, 15) is 4.39 Å².